The van der Waals surface area contributed by atoms with Crippen molar-refractivity contribution >= 4 is 0 Å². The van der Waals surface area contributed by atoms with E-state index in [-0.39, 0.29) is 6.10 Å². The second kappa shape index (κ2) is 1.65. The Kier molecular flexibility index (Phi) is 0.991. The van der Waals surface area contributed by atoms with E-state index in [0.29, 0.717) is 0 Å². The van der Waals surface area contributed by atoms with Gasteiger partial charge >= 0.3 is 0 Å². The quantitative estimate of drug-likeness (QED) is 0.356. The molecule has 0 radical (unpaired) electrons. The highest BCUT2D eigenvalue weighted by atomic mass is 16.5. The summed E-state index contributed by atoms with van der Waals surface area (Å²) in [5.74, 6) is 0. The number of nitriles is 1. The Hall–Kier alpha value is -0.970. The summed E-state index contributed by atoms with van der Waals surface area (Å²) in [4.78, 5) is 0. The van der Waals surface area contributed by atoms with Crippen LogP contribution in [0.15, 0.2) is 12.2 Å². The maximum atomic E-state index is 7.90. The Bertz CT molecular complexity index is 123. The fraction of sp³-hybridized carbons (Fsp3) is 0.400. The average Bonchev–Trinajstić information content (AvgIpc) is 1.55. The normalized spacial score (nSPS) is 25.3. The van der Waals surface area contributed by atoms with Gasteiger partial charge in [0, 0.05) is 6.42 Å². The summed E-state index contributed by atoms with van der Waals surface area (Å²) in [7, 11) is 0. The van der Waals surface area contributed by atoms with Gasteiger partial charge in [-0.25, -0.2) is 0 Å². The SMILES string of the molecule is N#COC1C=CC1. The summed E-state index contributed by atoms with van der Waals surface area (Å²) in [5.41, 5.74) is 0. The van der Waals surface area contributed by atoms with Gasteiger partial charge in [0.05, 0.1) is 0 Å². The molecule has 0 fully saturated rings. The van der Waals surface area contributed by atoms with E-state index in [1.807, 2.05) is 12.2 Å². The zero-order chi connectivity index (χ0) is 5.11. The first kappa shape index (κ1) is 4.20. The second-order valence-corrected chi connectivity index (χ2v) is 1.41. The summed E-state index contributed by atoms with van der Waals surface area (Å²) < 4.78 is 4.50. The number of hydrogen-bond donors (Lipinski definition) is 0. The molecule has 1 aliphatic carbocycles. The minimum Gasteiger partial charge on any atom is -0.420 e. The van der Waals surface area contributed by atoms with Crippen LogP contribution in [0, 0.1) is 11.5 Å². The van der Waals surface area contributed by atoms with Gasteiger partial charge < -0.3 is 4.74 Å². The first-order chi connectivity index (χ1) is 3.43. The van der Waals surface area contributed by atoms with Crippen LogP contribution in [0.4, 0.5) is 0 Å². The van der Waals surface area contributed by atoms with E-state index in [4.69, 9.17) is 5.26 Å². The molecule has 1 rings (SSSR count). The van der Waals surface area contributed by atoms with Crippen molar-refractivity contribution in [2.75, 3.05) is 0 Å². The molecule has 0 heterocycles. The molecule has 0 amide bonds. The van der Waals surface area contributed by atoms with Crippen LogP contribution in [0.5, 0.6) is 0 Å². The highest BCUT2D eigenvalue weighted by molar-refractivity contribution is 5.04. The molecule has 0 bridgehead atoms. The molecule has 0 spiro atoms. The lowest BCUT2D eigenvalue weighted by Gasteiger charge is -2.12. The largest absolute Gasteiger partial charge is 0.420 e. The molecule has 2 heteroatoms. The number of ether oxygens (including phenoxy) is 1. The van der Waals surface area contributed by atoms with Gasteiger partial charge in [0.15, 0.2) is 0 Å². The standard InChI is InChI=1S/C5H5NO/c6-4-7-5-2-1-3-5/h1-2,5H,3H2. The van der Waals surface area contributed by atoms with Crippen LogP contribution in [0.25, 0.3) is 0 Å². The summed E-state index contributed by atoms with van der Waals surface area (Å²) in [6, 6.07) is 0. The molecule has 7 heavy (non-hydrogen) atoms. The molecular formula is C5H5NO. The minimum absolute atomic E-state index is 0.0880. The van der Waals surface area contributed by atoms with E-state index in [1.165, 1.54) is 0 Å². The van der Waals surface area contributed by atoms with Crippen molar-refractivity contribution in [3.8, 4) is 6.26 Å². The molecule has 2 nitrogen and oxygen atoms in total. The molecule has 0 N–H and O–H groups in total. The fourth-order valence-corrected chi connectivity index (χ4v) is 0.402. The molecule has 0 aromatic carbocycles. The Morgan fingerprint density at radius 3 is 2.71 bits per heavy atom. The molecule has 36 valence electrons. The van der Waals surface area contributed by atoms with E-state index in [9.17, 15) is 0 Å². The molecule has 0 saturated heterocycles. The zero-order valence-corrected chi connectivity index (χ0v) is 3.79. The van der Waals surface area contributed by atoms with Gasteiger partial charge in [-0.05, 0) is 6.08 Å². The van der Waals surface area contributed by atoms with Crippen molar-refractivity contribution in [3.05, 3.63) is 12.2 Å². The van der Waals surface area contributed by atoms with Gasteiger partial charge in [-0.15, -0.1) is 0 Å². The van der Waals surface area contributed by atoms with Crippen LogP contribution in [0.1, 0.15) is 6.42 Å². The predicted octanol–water partition coefficient (Wildman–Crippen LogP) is 0.813. The Morgan fingerprint density at radius 2 is 2.57 bits per heavy atom. The smallest absolute Gasteiger partial charge is 0.286 e. The van der Waals surface area contributed by atoms with Crippen LogP contribution in [-0.4, -0.2) is 6.10 Å². The second-order valence-electron chi connectivity index (χ2n) is 1.41. The van der Waals surface area contributed by atoms with Gasteiger partial charge in [-0.1, -0.05) is 6.08 Å². The van der Waals surface area contributed by atoms with Gasteiger partial charge in [0.1, 0.15) is 6.10 Å². The Balaban J connectivity index is 2.21. The summed E-state index contributed by atoms with van der Waals surface area (Å²) in [6.07, 6.45) is 6.44. The first-order valence-electron chi connectivity index (χ1n) is 2.15. The molecule has 0 saturated carbocycles. The fourth-order valence-electron chi connectivity index (χ4n) is 0.402. The molecule has 1 aliphatic rings. The third kappa shape index (κ3) is 0.716. The Morgan fingerprint density at radius 1 is 1.86 bits per heavy atom. The average molecular weight is 95.1 g/mol. The molecular weight excluding hydrogens is 90.1 g/mol. The monoisotopic (exact) mass is 95.0 g/mol. The highest BCUT2D eigenvalue weighted by Gasteiger charge is 2.08. The van der Waals surface area contributed by atoms with E-state index in [2.05, 4.69) is 4.74 Å². The third-order valence-corrected chi connectivity index (χ3v) is 0.923. The van der Waals surface area contributed by atoms with E-state index >= 15 is 0 Å². The van der Waals surface area contributed by atoms with E-state index < -0.39 is 0 Å². The predicted molar refractivity (Wildman–Crippen MR) is 24.2 cm³/mol. The zero-order valence-electron chi connectivity index (χ0n) is 3.79. The lowest BCUT2D eigenvalue weighted by Crippen LogP contribution is -2.11. The molecule has 0 aromatic rings. The molecule has 0 aromatic heterocycles. The van der Waals surface area contributed by atoms with Gasteiger partial charge in [0.2, 0.25) is 0 Å². The van der Waals surface area contributed by atoms with Crippen LogP contribution in [0.3, 0.4) is 0 Å². The van der Waals surface area contributed by atoms with Gasteiger partial charge in [-0.3, -0.25) is 0 Å². The third-order valence-electron chi connectivity index (χ3n) is 0.923. The van der Waals surface area contributed by atoms with Crippen LogP contribution >= 0.6 is 0 Å². The van der Waals surface area contributed by atoms with Crippen LogP contribution in [0.2, 0.25) is 0 Å². The number of hydrogen-bond acceptors (Lipinski definition) is 2. The maximum Gasteiger partial charge on any atom is 0.286 e. The van der Waals surface area contributed by atoms with Crippen molar-refractivity contribution in [1.82, 2.24) is 0 Å². The van der Waals surface area contributed by atoms with Crippen molar-refractivity contribution in [1.29, 1.82) is 5.26 Å². The minimum atomic E-state index is 0.0880. The van der Waals surface area contributed by atoms with Gasteiger partial charge in [-0.2, -0.15) is 5.26 Å². The summed E-state index contributed by atoms with van der Waals surface area (Å²) >= 11 is 0. The van der Waals surface area contributed by atoms with Crippen molar-refractivity contribution in [2.45, 2.75) is 12.5 Å². The lowest BCUT2D eigenvalue weighted by molar-refractivity contribution is 0.193. The topological polar surface area (TPSA) is 33.0 Å². The lowest BCUT2D eigenvalue weighted by atomic mass is 10.1. The molecule has 0 aliphatic heterocycles. The van der Waals surface area contributed by atoms with Crippen molar-refractivity contribution < 1.29 is 4.74 Å². The first-order valence-corrected chi connectivity index (χ1v) is 2.15. The highest BCUT2D eigenvalue weighted by Crippen LogP contribution is 2.10. The van der Waals surface area contributed by atoms with Crippen LogP contribution < -0.4 is 0 Å². The molecule has 1 unspecified atom stereocenters. The molecule has 1 atom stereocenters. The number of rotatable bonds is 1. The van der Waals surface area contributed by atoms with Crippen molar-refractivity contribution in [3.63, 3.8) is 0 Å². The maximum absolute atomic E-state index is 7.90. The summed E-state index contributed by atoms with van der Waals surface area (Å²) in [5, 5.41) is 7.90. The van der Waals surface area contributed by atoms with Gasteiger partial charge in [0.25, 0.3) is 6.26 Å². The van der Waals surface area contributed by atoms with Crippen molar-refractivity contribution in [2.24, 2.45) is 0 Å². The van der Waals surface area contributed by atoms with E-state index in [1.54, 1.807) is 6.26 Å². The summed E-state index contributed by atoms with van der Waals surface area (Å²) in [6.45, 7) is 0. The Labute approximate surface area is 42.0 Å². The van der Waals surface area contributed by atoms with E-state index in [0.717, 1.165) is 6.42 Å². The van der Waals surface area contributed by atoms with Crippen LogP contribution in [-0.2, 0) is 4.74 Å². The number of nitrogens with zero attached hydrogens (tertiary/aromatic N) is 1.